The van der Waals surface area contributed by atoms with Crippen molar-refractivity contribution < 1.29 is 5.11 Å². The summed E-state index contributed by atoms with van der Waals surface area (Å²) in [6.45, 7) is 9.34. The fourth-order valence-electron chi connectivity index (χ4n) is 1.28. The Hall–Kier alpha value is -0.940. The highest BCUT2D eigenvalue weighted by molar-refractivity contribution is 4.89. The molecule has 1 rings (SSSR count). The molecule has 0 saturated carbocycles. The third kappa shape index (κ3) is 3.28. The first-order valence-electron chi connectivity index (χ1n) is 5.77. The highest BCUT2D eigenvalue weighted by Gasteiger charge is 2.23. The van der Waals surface area contributed by atoms with E-state index in [0.717, 1.165) is 18.8 Å². The molecule has 1 unspecified atom stereocenters. The Morgan fingerprint density at radius 3 is 2.81 bits per heavy atom. The zero-order valence-corrected chi connectivity index (χ0v) is 10.6. The van der Waals surface area contributed by atoms with E-state index in [1.54, 1.807) is 13.3 Å². The van der Waals surface area contributed by atoms with Crippen LogP contribution in [0.25, 0.3) is 0 Å². The lowest BCUT2D eigenvalue weighted by Crippen LogP contribution is -2.48. The molecule has 0 aliphatic rings. The Morgan fingerprint density at radius 1 is 1.56 bits per heavy atom. The minimum Gasteiger partial charge on any atom is -0.392 e. The van der Waals surface area contributed by atoms with Crippen LogP contribution in [0.1, 0.15) is 39.9 Å². The van der Waals surface area contributed by atoms with E-state index in [1.165, 1.54) is 0 Å². The average molecular weight is 226 g/mol. The summed E-state index contributed by atoms with van der Waals surface area (Å²) in [5.41, 5.74) is -0.316. The lowest BCUT2D eigenvalue weighted by Gasteiger charge is -2.29. The van der Waals surface area contributed by atoms with Gasteiger partial charge in [0.2, 0.25) is 0 Å². The standard InChI is InChI=1S/C11H22N4O/c1-5-6-15-10(12-8-14-15)7-13-11(3,4)9(2)16/h8-9,13,16H,5-7H2,1-4H3. The largest absolute Gasteiger partial charge is 0.392 e. The number of rotatable bonds is 6. The predicted octanol–water partition coefficient (Wildman–Crippen LogP) is 0.937. The summed E-state index contributed by atoms with van der Waals surface area (Å²) in [6.07, 6.45) is 2.20. The van der Waals surface area contributed by atoms with E-state index in [4.69, 9.17) is 0 Å². The van der Waals surface area contributed by atoms with E-state index < -0.39 is 6.10 Å². The van der Waals surface area contributed by atoms with Crippen molar-refractivity contribution in [1.82, 2.24) is 20.1 Å². The Balaban J connectivity index is 2.57. The number of aliphatic hydroxyl groups is 1. The van der Waals surface area contributed by atoms with Crippen molar-refractivity contribution in [3.05, 3.63) is 12.2 Å². The number of nitrogens with one attached hydrogen (secondary N) is 1. The fourth-order valence-corrected chi connectivity index (χ4v) is 1.28. The van der Waals surface area contributed by atoms with E-state index in [0.29, 0.717) is 6.54 Å². The van der Waals surface area contributed by atoms with Crippen LogP contribution in [0.2, 0.25) is 0 Å². The fraction of sp³-hybridized carbons (Fsp3) is 0.818. The molecule has 0 radical (unpaired) electrons. The van der Waals surface area contributed by atoms with Gasteiger partial charge in [-0.15, -0.1) is 0 Å². The van der Waals surface area contributed by atoms with Crippen molar-refractivity contribution in [2.24, 2.45) is 0 Å². The molecular weight excluding hydrogens is 204 g/mol. The summed E-state index contributed by atoms with van der Waals surface area (Å²) >= 11 is 0. The molecule has 0 aliphatic carbocycles. The molecule has 5 nitrogen and oxygen atoms in total. The zero-order chi connectivity index (χ0) is 12.2. The molecule has 0 aliphatic heterocycles. The van der Waals surface area contributed by atoms with Crippen LogP contribution in [0.3, 0.4) is 0 Å². The van der Waals surface area contributed by atoms with E-state index >= 15 is 0 Å². The maximum atomic E-state index is 9.58. The van der Waals surface area contributed by atoms with Gasteiger partial charge in [-0.25, -0.2) is 9.67 Å². The Labute approximate surface area is 96.9 Å². The molecule has 0 bridgehead atoms. The third-order valence-electron chi connectivity index (χ3n) is 2.88. The number of aromatic nitrogens is 3. The molecule has 16 heavy (non-hydrogen) atoms. The summed E-state index contributed by atoms with van der Waals surface area (Å²) in [4.78, 5) is 4.20. The second-order valence-corrected chi connectivity index (χ2v) is 4.65. The molecule has 0 fully saturated rings. The summed E-state index contributed by atoms with van der Waals surface area (Å²) in [5.74, 6) is 0.913. The van der Waals surface area contributed by atoms with Gasteiger partial charge >= 0.3 is 0 Å². The molecule has 1 atom stereocenters. The van der Waals surface area contributed by atoms with Gasteiger partial charge in [0.15, 0.2) is 0 Å². The van der Waals surface area contributed by atoms with Crippen molar-refractivity contribution >= 4 is 0 Å². The first-order chi connectivity index (χ1) is 7.47. The molecule has 0 spiro atoms. The smallest absolute Gasteiger partial charge is 0.140 e. The van der Waals surface area contributed by atoms with Gasteiger partial charge in [0.05, 0.1) is 12.6 Å². The normalized spacial score (nSPS) is 14.1. The van der Waals surface area contributed by atoms with Crippen LogP contribution < -0.4 is 5.32 Å². The SMILES string of the molecule is CCCn1ncnc1CNC(C)(C)C(C)O. The number of hydrogen-bond donors (Lipinski definition) is 2. The average Bonchev–Trinajstić information content (AvgIpc) is 2.63. The second kappa shape index (κ2) is 5.41. The monoisotopic (exact) mass is 226 g/mol. The van der Waals surface area contributed by atoms with E-state index in [2.05, 4.69) is 22.3 Å². The number of hydrogen-bond acceptors (Lipinski definition) is 4. The van der Waals surface area contributed by atoms with Crippen molar-refractivity contribution in [2.75, 3.05) is 0 Å². The van der Waals surface area contributed by atoms with Crippen LogP contribution in [0, 0.1) is 0 Å². The first-order valence-corrected chi connectivity index (χ1v) is 5.77. The molecule has 1 heterocycles. The number of aryl methyl sites for hydroxylation is 1. The van der Waals surface area contributed by atoms with Crippen LogP contribution in [0.15, 0.2) is 6.33 Å². The first kappa shape index (κ1) is 13.1. The maximum Gasteiger partial charge on any atom is 0.140 e. The molecule has 92 valence electrons. The predicted molar refractivity (Wildman–Crippen MR) is 62.9 cm³/mol. The molecule has 1 aromatic heterocycles. The van der Waals surface area contributed by atoms with Crippen LogP contribution in [-0.2, 0) is 13.1 Å². The van der Waals surface area contributed by atoms with Gasteiger partial charge in [-0.2, -0.15) is 5.10 Å². The zero-order valence-electron chi connectivity index (χ0n) is 10.6. The quantitative estimate of drug-likeness (QED) is 0.757. The van der Waals surface area contributed by atoms with Gasteiger partial charge in [-0.05, 0) is 27.2 Å². The van der Waals surface area contributed by atoms with Crippen LogP contribution in [-0.4, -0.2) is 31.5 Å². The maximum absolute atomic E-state index is 9.58. The van der Waals surface area contributed by atoms with Gasteiger partial charge in [-0.3, -0.25) is 0 Å². The lowest BCUT2D eigenvalue weighted by atomic mass is 9.99. The number of nitrogens with zero attached hydrogens (tertiary/aromatic N) is 3. The summed E-state index contributed by atoms with van der Waals surface area (Å²) in [7, 11) is 0. The molecule has 0 amide bonds. The Bertz CT molecular complexity index is 320. The minimum absolute atomic E-state index is 0.316. The molecule has 1 aromatic rings. The van der Waals surface area contributed by atoms with Gasteiger partial charge in [0.25, 0.3) is 0 Å². The lowest BCUT2D eigenvalue weighted by molar-refractivity contribution is 0.0948. The van der Waals surface area contributed by atoms with Crippen LogP contribution >= 0.6 is 0 Å². The molecule has 0 aromatic carbocycles. The van der Waals surface area contributed by atoms with E-state index in [-0.39, 0.29) is 5.54 Å². The van der Waals surface area contributed by atoms with Crippen molar-refractivity contribution in [2.45, 2.75) is 58.8 Å². The summed E-state index contributed by atoms with van der Waals surface area (Å²) < 4.78 is 1.89. The van der Waals surface area contributed by atoms with E-state index in [1.807, 2.05) is 18.5 Å². The topological polar surface area (TPSA) is 63.0 Å². The van der Waals surface area contributed by atoms with E-state index in [9.17, 15) is 5.11 Å². The van der Waals surface area contributed by atoms with Gasteiger partial charge in [0.1, 0.15) is 12.2 Å². The summed E-state index contributed by atoms with van der Waals surface area (Å²) in [5, 5.41) is 17.0. The summed E-state index contributed by atoms with van der Waals surface area (Å²) in [6, 6.07) is 0. The highest BCUT2D eigenvalue weighted by Crippen LogP contribution is 2.09. The van der Waals surface area contributed by atoms with Crippen molar-refractivity contribution in [1.29, 1.82) is 0 Å². The Kier molecular flexibility index (Phi) is 4.44. The van der Waals surface area contributed by atoms with Crippen molar-refractivity contribution in [3.63, 3.8) is 0 Å². The molecule has 5 heteroatoms. The molecular formula is C11H22N4O. The van der Waals surface area contributed by atoms with Gasteiger partial charge in [-0.1, -0.05) is 6.92 Å². The molecule has 0 saturated heterocycles. The van der Waals surface area contributed by atoms with Crippen LogP contribution in [0.5, 0.6) is 0 Å². The third-order valence-corrected chi connectivity index (χ3v) is 2.88. The van der Waals surface area contributed by atoms with Gasteiger partial charge in [0, 0.05) is 12.1 Å². The number of aliphatic hydroxyl groups excluding tert-OH is 1. The second-order valence-electron chi connectivity index (χ2n) is 4.65. The minimum atomic E-state index is -0.407. The van der Waals surface area contributed by atoms with Gasteiger partial charge < -0.3 is 10.4 Å². The van der Waals surface area contributed by atoms with Crippen molar-refractivity contribution in [3.8, 4) is 0 Å². The molecule has 2 N–H and O–H groups in total. The van der Waals surface area contributed by atoms with Crippen LogP contribution in [0.4, 0.5) is 0 Å². The Morgan fingerprint density at radius 2 is 2.25 bits per heavy atom. The highest BCUT2D eigenvalue weighted by atomic mass is 16.3.